The first-order valence-electron chi connectivity index (χ1n) is 11.4. The van der Waals surface area contributed by atoms with E-state index in [1.165, 1.54) is 19.4 Å². The maximum absolute atomic E-state index is 11.7. The average molecular weight is 405 g/mol. The highest BCUT2D eigenvalue weighted by atomic mass is 16.5. The summed E-state index contributed by atoms with van der Waals surface area (Å²) in [6.45, 7) is 8.12. The fourth-order valence-electron chi connectivity index (χ4n) is 7.71. The van der Waals surface area contributed by atoms with Crippen LogP contribution in [0.2, 0.25) is 0 Å². The van der Waals surface area contributed by atoms with Gasteiger partial charge in [-0.05, 0) is 68.6 Å². The van der Waals surface area contributed by atoms with Crippen LogP contribution >= 0.6 is 0 Å². The number of carbonyl (C=O) groups excluding carboxylic acids is 2. The summed E-state index contributed by atoms with van der Waals surface area (Å²) in [7, 11) is 0. The van der Waals surface area contributed by atoms with Gasteiger partial charge in [-0.25, -0.2) is 0 Å². The first kappa shape index (κ1) is 20.9. The van der Waals surface area contributed by atoms with E-state index in [0.29, 0.717) is 30.3 Å². The Balaban J connectivity index is 1.69. The van der Waals surface area contributed by atoms with Crippen molar-refractivity contribution in [1.29, 1.82) is 0 Å². The molecule has 1 N–H and O–H groups in total. The van der Waals surface area contributed by atoms with Gasteiger partial charge in [0, 0.05) is 24.7 Å². The van der Waals surface area contributed by atoms with Crippen LogP contribution in [0.4, 0.5) is 0 Å². The van der Waals surface area contributed by atoms with Crippen LogP contribution in [0.5, 0.6) is 0 Å². The lowest BCUT2D eigenvalue weighted by atomic mass is 9.45. The summed E-state index contributed by atoms with van der Waals surface area (Å²) in [5.41, 5.74) is 1.21. The minimum atomic E-state index is -0.382. The van der Waals surface area contributed by atoms with Gasteiger partial charge in [0.25, 0.3) is 0 Å². The topological polar surface area (TPSA) is 72.8 Å². The van der Waals surface area contributed by atoms with Gasteiger partial charge in [0.2, 0.25) is 0 Å². The molecule has 0 radical (unpaired) electrons. The first-order chi connectivity index (χ1) is 13.7. The van der Waals surface area contributed by atoms with Crippen LogP contribution in [0.25, 0.3) is 0 Å². The number of ether oxygens (including phenoxy) is 2. The van der Waals surface area contributed by atoms with E-state index in [1.807, 2.05) is 0 Å². The van der Waals surface area contributed by atoms with E-state index >= 15 is 0 Å². The predicted molar refractivity (Wildman–Crippen MR) is 109 cm³/mol. The van der Waals surface area contributed by atoms with E-state index in [-0.39, 0.29) is 35.0 Å². The number of carbonyl (C=O) groups is 2. The second kappa shape index (κ2) is 7.40. The van der Waals surface area contributed by atoms with Gasteiger partial charge in [-0.3, -0.25) is 9.59 Å². The van der Waals surface area contributed by atoms with Gasteiger partial charge in [-0.15, -0.1) is 0 Å². The molecule has 8 atom stereocenters. The maximum atomic E-state index is 11.7. The number of aliphatic hydroxyl groups excluding tert-OH is 1. The van der Waals surface area contributed by atoms with Crippen molar-refractivity contribution in [1.82, 2.24) is 0 Å². The molecule has 0 unspecified atom stereocenters. The molecule has 0 aliphatic heterocycles. The van der Waals surface area contributed by atoms with E-state index in [4.69, 9.17) is 9.47 Å². The molecule has 0 aromatic rings. The third-order valence-electron chi connectivity index (χ3n) is 8.91. The minimum Gasteiger partial charge on any atom is -0.465 e. The Bertz CT molecular complexity index is 714. The first-order valence-corrected chi connectivity index (χ1v) is 11.4. The SMILES string of the molecule is CC(=O)OC[C@]12CC[C@@H](O)C=C1C[C@@H](C)[C@@H]1[C@@H]2CC[C@]2(C)[C@@H](OC(C)=O)CC[C@@H]12. The van der Waals surface area contributed by atoms with Gasteiger partial charge in [0.15, 0.2) is 0 Å². The summed E-state index contributed by atoms with van der Waals surface area (Å²) in [6.07, 6.45) is 8.45. The zero-order chi connectivity index (χ0) is 21.0. The highest BCUT2D eigenvalue weighted by molar-refractivity contribution is 5.66. The molecule has 4 aliphatic rings. The van der Waals surface area contributed by atoms with Crippen LogP contribution < -0.4 is 0 Å². The van der Waals surface area contributed by atoms with Crippen LogP contribution in [-0.2, 0) is 19.1 Å². The van der Waals surface area contributed by atoms with Crippen LogP contribution in [-0.4, -0.2) is 35.9 Å². The summed E-state index contributed by atoms with van der Waals surface area (Å²) >= 11 is 0. The third kappa shape index (κ3) is 3.34. The van der Waals surface area contributed by atoms with Gasteiger partial charge in [0.05, 0.1) is 6.10 Å². The summed E-state index contributed by atoms with van der Waals surface area (Å²) in [5, 5.41) is 10.3. The Morgan fingerprint density at radius 2 is 1.86 bits per heavy atom. The van der Waals surface area contributed by atoms with Crippen LogP contribution in [0, 0.1) is 34.5 Å². The van der Waals surface area contributed by atoms with Crippen molar-refractivity contribution in [2.24, 2.45) is 34.5 Å². The standard InChI is InChI=1S/C24H36O5/c1-14-11-17-12-18(27)7-10-24(17,13-28-15(2)25)20-8-9-23(4)19(22(14)20)5-6-21(23)29-16(3)26/h12,14,18-22,27H,5-11,13H2,1-4H3/t14-,18-,19+,20+,21+,22+,23+,24-/m1/s1. The molecule has 3 saturated carbocycles. The lowest BCUT2D eigenvalue weighted by Gasteiger charge is -2.60. The number of esters is 2. The summed E-state index contributed by atoms with van der Waals surface area (Å²) in [5.74, 6) is 1.65. The number of hydrogen-bond donors (Lipinski definition) is 1. The molecule has 0 heterocycles. The largest absolute Gasteiger partial charge is 0.465 e. The fraction of sp³-hybridized carbons (Fsp3) is 0.833. The molecular weight excluding hydrogens is 368 g/mol. The number of hydrogen-bond acceptors (Lipinski definition) is 5. The van der Waals surface area contributed by atoms with Crippen molar-refractivity contribution >= 4 is 11.9 Å². The van der Waals surface area contributed by atoms with Gasteiger partial charge < -0.3 is 14.6 Å². The Hall–Kier alpha value is -1.36. The van der Waals surface area contributed by atoms with Crippen molar-refractivity contribution in [3.8, 4) is 0 Å². The van der Waals surface area contributed by atoms with Gasteiger partial charge in [-0.2, -0.15) is 0 Å². The molecule has 0 aromatic carbocycles. The van der Waals surface area contributed by atoms with E-state index in [2.05, 4.69) is 19.9 Å². The summed E-state index contributed by atoms with van der Waals surface area (Å²) < 4.78 is 11.4. The minimum absolute atomic E-state index is 0.0210. The maximum Gasteiger partial charge on any atom is 0.302 e. The molecule has 3 fully saturated rings. The molecule has 29 heavy (non-hydrogen) atoms. The van der Waals surface area contributed by atoms with E-state index < -0.39 is 0 Å². The molecule has 0 bridgehead atoms. The Labute approximate surface area is 174 Å². The third-order valence-corrected chi connectivity index (χ3v) is 8.91. The molecule has 162 valence electrons. The van der Waals surface area contributed by atoms with Gasteiger partial charge in [-0.1, -0.05) is 25.5 Å². The van der Waals surface area contributed by atoms with Crippen LogP contribution in [0.1, 0.15) is 72.6 Å². The monoisotopic (exact) mass is 404 g/mol. The van der Waals surface area contributed by atoms with Crippen molar-refractivity contribution in [3.05, 3.63) is 11.6 Å². The normalized spacial score (nSPS) is 46.0. The molecule has 0 spiro atoms. The van der Waals surface area contributed by atoms with E-state index in [0.717, 1.165) is 44.9 Å². The van der Waals surface area contributed by atoms with E-state index in [1.54, 1.807) is 0 Å². The van der Waals surface area contributed by atoms with Gasteiger partial charge in [0.1, 0.15) is 12.7 Å². The molecule has 0 aromatic heterocycles. The summed E-state index contributed by atoms with van der Waals surface area (Å²) in [6, 6.07) is 0. The number of rotatable bonds is 3. The quantitative estimate of drug-likeness (QED) is 0.568. The van der Waals surface area contributed by atoms with Crippen molar-refractivity contribution in [3.63, 3.8) is 0 Å². The van der Waals surface area contributed by atoms with E-state index in [9.17, 15) is 14.7 Å². The second-order valence-corrected chi connectivity index (χ2v) is 10.4. The Morgan fingerprint density at radius 1 is 1.10 bits per heavy atom. The lowest BCUT2D eigenvalue weighted by molar-refractivity contribution is -0.162. The summed E-state index contributed by atoms with van der Waals surface area (Å²) in [4.78, 5) is 23.4. The fourth-order valence-corrected chi connectivity index (χ4v) is 7.71. The predicted octanol–water partition coefficient (Wildman–Crippen LogP) is 4.03. The zero-order valence-electron chi connectivity index (χ0n) is 18.3. The Kier molecular flexibility index (Phi) is 5.33. The lowest BCUT2D eigenvalue weighted by Crippen LogP contribution is -2.56. The molecular formula is C24H36O5. The van der Waals surface area contributed by atoms with Crippen LogP contribution in [0.3, 0.4) is 0 Å². The molecule has 5 nitrogen and oxygen atoms in total. The highest BCUT2D eigenvalue weighted by Gasteiger charge is 2.62. The number of aliphatic hydroxyl groups is 1. The Morgan fingerprint density at radius 3 is 2.55 bits per heavy atom. The highest BCUT2D eigenvalue weighted by Crippen LogP contribution is 2.67. The molecule has 4 rings (SSSR count). The molecule has 5 heteroatoms. The molecule has 0 saturated heterocycles. The second-order valence-electron chi connectivity index (χ2n) is 10.4. The van der Waals surface area contributed by atoms with Crippen LogP contribution in [0.15, 0.2) is 11.6 Å². The smallest absolute Gasteiger partial charge is 0.302 e. The zero-order valence-corrected chi connectivity index (χ0v) is 18.3. The van der Waals surface area contributed by atoms with Crippen molar-refractivity contribution in [2.45, 2.75) is 84.8 Å². The average Bonchev–Trinajstić information content (AvgIpc) is 2.96. The molecule has 4 aliphatic carbocycles. The van der Waals surface area contributed by atoms with Gasteiger partial charge >= 0.3 is 11.9 Å². The number of fused-ring (bicyclic) bond motifs is 5. The van der Waals surface area contributed by atoms with Crippen molar-refractivity contribution in [2.75, 3.05) is 6.61 Å². The van der Waals surface area contributed by atoms with Crippen molar-refractivity contribution < 1.29 is 24.2 Å². The molecule has 0 amide bonds.